The second-order valence-electron chi connectivity index (χ2n) is 5.40. The number of nitrogens with zero attached hydrogens (tertiary/aromatic N) is 1. The van der Waals surface area contributed by atoms with E-state index in [-0.39, 0.29) is 12.2 Å². The van der Waals surface area contributed by atoms with E-state index in [4.69, 9.17) is 9.84 Å². The van der Waals surface area contributed by atoms with Crippen molar-refractivity contribution in [3.63, 3.8) is 0 Å². The lowest BCUT2D eigenvalue weighted by atomic mass is 10.1. The maximum Gasteiger partial charge on any atom is 0.417 e. The molecule has 2 heterocycles. The summed E-state index contributed by atoms with van der Waals surface area (Å²) >= 11 is 0. The van der Waals surface area contributed by atoms with Crippen LogP contribution in [0.4, 0.5) is 18.9 Å². The number of rotatable bonds is 2. The molecule has 7 heteroatoms. The summed E-state index contributed by atoms with van der Waals surface area (Å²) in [5, 5.41) is 8.89. The Morgan fingerprint density at radius 3 is 2.38 bits per heavy atom. The molecule has 3 rings (SSSR count). The topological polar surface area (TPSA) is 49.8 Å². The number of halogens is 3. The summed E-state index contributed by atoms with van der Waals surface area (Å²) in [4.78, 5) is 12.8. The molecule has 2 bridgehead atoms. The predicted octanol–water partition coefficient (Wildman–Crippen LogP) is 2.77. The molecule has 4 nitrogen and oxygen atoms in total. The number of ether oxygens (including phenoxy) is 1. The maximum absolute atomic E-state index is 13.0. The highest BCUT2D eigenvalue weighted by atomic mass is 19.4. The molecule has 2 fully saturated rings. The molecule has 21 heavy (non-hydrogen) atoms. The minimum atomic E-state index is -4.69. The molecule has 0 radical (unpaired) electrons. The van der Waals surface area contributed by atoms with Gasteiger partial charge in [-0.05, 0) is 31.0 Å². The van der Waals surface area contributed by atoms with Gasteiger partial charge < -0.3 is 14.7 Å². The molecular weight excluding hydrogens is 287 g/mol. The van der Waals surface area contributed by atoms with Gasteiger partial charge in [-0.25, -0.2) is 4.79 Å². The van der Waals surface area contributed by atoms with Crippen molar-refractivity contribution in [2.45, 2.75) is 31.2 Å². The number of carboxylic acid groups (broad SMARTS) is 1. The normalized spacial score (nSPS) is 25.2. The molecule has 2 unspecified atom stereocenters. The first-order valence-electron chi connectivity index (χ1n) is 6.69. The van der Waals surface area contributed by atoms with Gasteiger partial charge in [0.05, 0.1) is 23.3 Å². The van der Waals surface area contributed by atoms with E-state index in [1.807, 2.05) is 4.90 Å². The lowest BCUT2D eigenvalue weighted by Gasteiger charge is -2.34. The Balaban J connectivity index is 1.95. The summed E-state index contributed by atoms with van der Waals surface area (Å²) < 4.78 is 44.7. The zero-order valence-electron chi connectivity index (χ0n) is 11.1. The largest absolute Gasteiger partial charge is 0.478 e. The molecule has 1 N–H and O–H groups in total. The second kappa shape index (κ2) is 4.91. The van der Waals surface area contributed by atoms with Crippen molar-refractivity contribution in [2.24, 2.45) is 0 Å². The van der Waals surface area contributed by atoms with E-state index in [2.05, 4.69) is 0 Å². The fourth-order valence-corrected chi connectivity index (χ4v) is 2.98. The number of carbonyl (C=O) groups is 1. The average molecular weight is 301 g/mol. The number of hydrogen-bond donors (Lipinski definition) is 1. The summed E-state index contributed by atoms with van der Waals surface area (Å²) in [6, 6.07) is 3.38. The first-order chi connectivity index (χ1) is 9.84. The Kier molecular flexibility index (Phi) is 3.32. The zero-order chi connectivity index (χ0) is 15.2. The lowest BCUT2D eigenvalue weighted by Crippen LogP contribution is -2.42. The van der Waals surface area contributed by atoms with E-state index in [0.717, 1.165) is 25.0 Å². The molecule has 2 aliphatic rings. The molecule has 0 spiro atoms. The third-order valence-electron chi connectivity index (χ3n) is 3.95. The highest BCUT2D eigenvalue weighted by Crippen LogP contribution is 2.36. The fourth-order valence-electron chi connectivity index (χ4n) is 2.98. The zero-order valence-corrected chi connectivity index (χ0v) is 11.1. The minimum absolute atomic E-state index is 0.0530. The third-order valence-corrected chi connectivity index (χ3v) is 3.95. The van der Waals surface area contributed by atoms with Crippen LogP contribution in [0, 0.1) is 0 Å². The molecule has 2 saturated heterocycles. The number of morpholine rings is 1. The van der Waals surface area contributed by atoms with E-state index in [1.54, 1.807) is 0 Å². The van der Waals surface area contributed by atoms with Crippen LogP contribution in [-0.2, 0) is 10.9 Å². The van der Waals surface area contributed by atoms with Gasteiger partial charge in [-0.1, -0.05) is 0 Å². The summed E-state index contributed by atoms with van der Waals surface area (Å²) in [5.74, 6) is -1.57. The maximum atomic E-state index is 13.0. The monoisotopic (exact) mass is 301 g/mol. The van der Waals surface area contributed by atoms with Gasteiger partial charge in [-0.15, -0.1) is 0 Å². The van der Waals surface area contributed by atoms with E-state index >= 15 is 0 Å². The van der Waals surface area contributed by atoms with Crippen LogP contribution in [0.5, 0.6) is 0 Å². The van der Waals surface area contributed by atoms with Gasteiger partial charge in [0.25, 0.3) is 0 Å². The average Bonchev–Trinajstić information content (AvgIpc) is 2.75. The molecule has 1 aromatic carbocycles. The van der Waals surface area contributed by atoms with Crippen molar-refractivity contribution in [2.75, 3.05) is 18.0 Å². The number of fused-ring (bicyclic) bond motifs is 2. The summed E-state index contributed by atoms with van der Waals surface area (Å²) in [5.41, 5.74) is -1.43. The predicted molar refractivity (Wildman–Crippen MR) is 68.5 cm³/mol. The highest BCUT2D eigenvalue weighted by molar-refractivity contribution is 5.90. The molecule has 2 aliphatic heterocycles. The van der Waals surface area contributed by atoms with Crippen molar-refractivity contribution < 1.29 is 27.8 Å². The number of hydrogen-bond acceptors (Lipinski definition) is 3. The molecule has 0 aromatic heterocycles. The van der Waals surface area contributed by atoms with Crippen LogP contribution < -0.4 is 4.90 Å². The van der Waals surface area contributed by atoms with Crippen LogP contribution in [0.25, 0.3) is 0 Å². The van der Waals surface area contributed by atoms with Gasteiger partial charge in [0.1, 0.15) is 0 Å². The molecular formula is C14H14F3NO3. The van der Waals surface area contributed by atoms with Gasteiger partial charge in [-0.3, -0.25) is 0 Å². The third kappa shape index (κ3) is 2.70. The summed E-state index contributed by atoms with van der Waals surface area (Å²) in [6.45, 7) is 1.08. The van der Waals surface area contributed by atoms with Crippen molar-refractivity contribution in [3.05, 3.63) is 29.3 Å². The van der Waals surface area contributed by atoms with Crippen LogP contribution >= 0.6 is 0 Å². The van der Waals surface area contributed by atoms with Gasteiger partial charge in [0.15, 0.2) is 0 Å². The van der Waals surface area contributed by atoms with Gasteiger partial charge in [-0.2, -0.15) is 13.2 Å². The van der Waals surface area contributed by atoms with Crippen LogP contribution in [0.15, 0.2) is 18.2 Å². The number of benzene rings is 1. The van der Waals surface area contributed by atoms with E-state index in [1.165, 1.54) is 6.07 Å². The summed E-state index contributed by atoms with van der Waals surface area (Å²) in [6.07, 6.45) is -2.75. The Bertz CT molecular complexity index is 561. The highest BCUT2D eigenvalue weighted by Gasteiger charge is 2.38. The molecule has 0 saturated carbocycles. The number of alkyl halides is 3. The standard InChI is InChI=1S/C14H14F3NO3/c15-14(16,17)12-5-8(1-4-11(12)13(19)20)18-6-9-2-3-10(7-18)21-9/h1,4-5,9-10H,2-3,6-7H2,(H,19,20). The summed E-state index contributed by atoms with van der Waals surface area (Å²) in [7, 11) is 0. The van der Waals surface area contributed by atoms with E-state index in [9.17, 15) is 18.0 Å². The second-order valence-corrected chi connectivity index (χ2v) is 5.40. The van der Waals surface area contributed by atoms with Crippen LogP contribution in [0.3, 0.4) is 0 Å². The van der Waals surface area contributed by atoms with Gasteiger partial charge in [0, 0.05) is 18.8 Å². The van der Waals surface area contributed by atoms with Crippen molar-refractivity contribution in [1.29, 1.82) is 0 Å². The lowest BCUT2D eigenvalue weighted by molar-refractivity contribution is -0.138. The van der Waals surface area contributed by atoms with Gasteiger partial charge >= 0.3 is 12.1 Å². The Morgan fingerprint density at radius 1 is 1.24 bits per heavy atom. The smallest absolute Gasteiger partial charge is 0.417 e. The number of anilines is 1. The minimum Gasteiger partial charge on any atom is -0.478 e. The Hall–Kier alpha value is -1.76. The van der Waals surface area contributed by atoms with Crippen molar-refractivity contribution in [1.82, 2.24) is 0 Å². The van der Waals surface area contributed by atoms with Crippen LogP contribution in [0.1, 0.15) is 28.8 Å². The van der Waals surface area contributed by atoms with E-state index in [0.29, 0.717) is 18.8 Å². The Labute approximate surface area is 119 Å². The first kappa shape index (κ1) is 14.2. The van der Waals surface area contributed by atoms with Crippen molar-refractivity contribution in [3.8, 4) is 0 Å². The SMILES string of the molecule is O=C(O)c1ccc(N2CC3CCC(C2)O3)cc1C(F)(F)F. The van der Waals surface area contributed by atoms with Crippen molar-refractivity contribution >= 4 is 11.7 Å². The van der Waals surface area contributed by atoms with Crippen LogP contribution in [-0.4, -0.2) is 36.4 Å². The van der Waals surface area contributed by atoms with Gasteiger partial charge in [0.2, 0.25) is 0 Å². The van der Waals surface area contributed by atoms with Crippen LogP contribution in [0.2, 0.25) is 0 Å². The molecule has 0 amide bonds. The number of aromatic carboxylic acids is 1. The quantitative estimate of drug-likeness (QED) is 0.912. The molecule has 2 atom stereocenters. The first-order valence-corrected chi connectivity index (χ1v) is 6.69. The molecule has 1 aromatic rings. The molecule has 0 aliphatic carbocycles. The molecule has 114 valence electrons. The van der Waals surface area contributed by atoms with E-state index < -0.39 is 23.3 Å². The Morgan fingerprint density at radius 2 is 1.86 bits per heavy atom. The fraction of sp³-hybridized carbons (Fsp3) is 0.500. The number of carboxylic acids is 1.